The van der Waals surface area contributed by atoms with Crippen molar-refractivity contribution < 1.29 is 4.79 Å². The smallest absolute Gasteiger partial charge is 0.229 e. The van der Waals surface area contributed by atoms with E-state index in [1.807, 2.05) is 36.4 Å². The fraction of sp³-hybridized carbons (Fsp3) is 0.105. The molecule has 0 bridgehead atoms. The zero-order valence-corrected chi connectivity index (χ0v) is 13.4. The zero-order valence-electron chi connectivity index (χ0n) is 13.4. The number of rotatable bonds is 6. The molecule has 3 rings (SSSR count). The third-order valence-corrected chi connectivity index (χ3v) is 3.56. The molecule has 5 heteroatoms. The molecule has 0 aliphatic rings. The van der Waals surface area contributed by atoms with Crippen molar-refractivity contribution in [1.82, 2.24) is 9.97 Å². The minimum atomic E-state index is 0.0411. The average molecular weight is 318 g/mol. The summed E-state index contributed by atoms with van der Waals surface area (Å²) < 4.78 is 0. The highest BCUT2D eigenvalue weighted by Gasteiger charge is 2.07. The molecule has 0 fully saturated rings. The lowest BCUT2D eigenvalue weighted by Gasteiger charge is -2.11. The molecule has 0 unspecified atom stereocenters. The van der Waals surface area contributed by atoms with Gasteiger partial charge in [-0.05, 0) is 43.3 Å². The Morgan fingerprint density at radius 3 is 2.58 bits per heavy atom. The van der Waals surface area contributed by atoms with Gasteiger partial charge < -0.3 is 10.6 Å². The SMILES string of the molecule is C=CCNc1nc(Nc2ccc(C(C)=O)cc2)nc2ccccc12. The minimum absolute atomic E-state index is 0.0411. The standard InChI is InChI=1S/C19H18N4O/c1-3-12-20-18-16-6-4-5-7-17(16)22-19(23-18)21-15-10-8-14(9-11-15)13(2)24/h3-11H,1,12H2,2H3,(H2,20,21,22,23). The van der Waals surface area contributed by atoms with Crippen LogP contribution in [0.2, 0.25) is 0 Å². The van der Waals surface area contributed by atoms with Crippen molar-refractivity contribution in [1.29, 1.82) is 0 Å². The molecule has 0 spiro atoms. The maximum absolute atomic E-state index is 11.3. The normalized spacial score (nSPS) is 10.4. The van der Waals surface area contributed by atoms with Gasteiger partial charge in [0.05, 0.1) is 5.52 Å². The van der Waals surface area contributed by atoms with Gasteiger partial charge in [0.1, 0.15) is 5.82 Å². The number of ketones is 1. The van der Waals surface area contributed by atoms with E-state index in [2.05, 4.69) is 27.2 Å². The summed E-state index contributed by atoms with van der Waals surface area (Å²) in [7, 11) is 0. The van der Waals surface area contributed by atoms with E-state index in [0.29, 0.717) is 18.1 Å². The Hall–Kier alpha value is -3.21. The Kier molecular flexibility index (Phi) is 4.52. The average Bonchev–Trinajstić information content (AvgIpc) is 2.60. The molecule has 0 saturated heterocycles. The van der Waals surface area contributed by atoms with Crippen LogP contribution >= 0.6 is 0 Å². The molecular formula is C19H18N4O. The molecule has 0 saturated carbocycles. The Morgan fingerprint density at radius 1 is 1.12 bits per heavy atom. The van der Waals surface area contributed by atoms with Crippen LogP contribution in [0.5, 0.6) is 0 Å². The van der Waals surface area contributed by atoms with E-state index in [9.17, 15) is 4.79 Å². The van der Waals surface area contributed by atoms with Gasteiger partial charge in [0.2, 0.25) is 5.95 Å². The van der Waals surface area contributed by atoms with Crippen LogP contribution in [-0.4, -0.2) is 22.3 Å². The first kappa shape index (κ1) is 15.7. The maximum atomic E-state index is 11.3. The Bertz CT molecular complexity index is 888. The molecule has 1 aromatic heterocycles. The fourth-order valence-corrected chi connectivity index (χ4v) is 2.35. The largest absolute Gasteiger partial charge is 0.366 e. The molecule has 2 N–H and O–H groups in total. The van der Waals surface area contributed by atoms with Crippen LogP contribution in [0.25, 0.3) is 10.9 Å². The highest BCUT2D eigenvalue weighted by Crippen LogP contribution is 2.23. The molecule has 2 aromatic carbocycles. The molecule has 3 aromatic rings. The molecule has 24 heavy (non-hydrogen) atoms. The lowest BCUT2D eigenvalue weighted by atomic mass is 10.1. The van der Waals surface area contributed by atoms with Gasteiger partial charge in [0.15, 0.2) is 5.78 Å². The number of Topliss-reactive ketones (excluding diaryl/α,β-unsaturated/α-hetero) is 1. The van der Waals surface area contributed by atoms with E-state index in [1.165, 1.54) is 0 Å². The number of anilines is 3. The summed E-state index contributed by atoms with van der Waals surface area (Å²) in [5.74, 6) is 1.29. The van der Waals surface area contributed by atoms with Crippen LogP contribution in [0.15, 0.2) is 61.2 Å². The third kappa shape index (κ3) is 3.41. The molecule has 5 nitrogen and oxygen atoms in total. The van der Waals surface area contributed by atoms with Gasteiger partial charge in [0, 0.05) is 23.2 Å². The summed E-state index contributed by atoms with van der Waals surface area (Å²) in [4.78, 5) is 20.4. The lowest BCUT2D eigenvalue weighted by Crippen LogP contribution is -2.05. The van der Waals surface area contributed by atoms with Crippen molar-refractivity contribution in [3.63, 3.8) is 0 Å². The predicted molar refractivity (Wildman–Crippen MR) is 98.0 cm³/mol. The summed E-state index contributed by atoms with van der Waals surface area (Å²) in [5, 5.41) is 7.37. The summed E-state index contributed by atoms with van der Waals surface area (Å²) in [6.45, 7) is 5.89. The second-order valence-electron chi connectivity index (χ2n) is 5.34. The van der Waals surface area contributed by atoms with Gasteiger partial charge >= 0.3 is 0 Å². The number of nitrogens with one attached hydrogen (secondary N) is 2. The lowest BCUT2D eigenvalue weighted by molar-refractivity contribution is 0.101. The number of carbonyl (C=O) groups excluding carboxylic acids is 1. The first-order chi connectivity index (χ1) is 11.7. The highest BCUT2D eigenvalue weighted by atomic mass is 16.1. The van der Waals surface area contributed by atoms with E-state index in [4.69, 9.17) is 0 Å². The summed E-state index contributed by atoms with van der Waals surface area (Å²) in [6.07, 6.45) is 1.78. The fourth-order valence-electron chi connectivity index (χ4n) is 2.35. The van der Waals surface area contributed by atoms with E-state index in [1.54, 1.807) is 25.1 Å². The Labute approximate surface area is 140 Å². The maximum Gasteiger partial charge on any atom is 0.229 e. The number of carbonyl (C=O) groups is 1. The summed E-state index contributed by atoms with van der Waals surface area (Å²) in [6, 6.07) is 15.1. The van der Waals surface area contributed by atoms with Crippen LogP contribution in [0.1, 0.15) is 17.3 Å². The number of nitrogens with zero attached hydrogens (tertiary/aromatic N) is 2. The van der Waals surface area contributed by atoms with Gasteiger partial charge in [-0.3, -0.25) is 4.79 Å². The van der Waals surface area contributed by atoms with Gasteiger partial charge in [-0.25, -0.2) is 4.98 Å². The van der Waals surface area contributed by atoms with Crippen molar-refractivity contribution in [2.75, 3.05) is 17.2 Å². The summed E-state index contributed by atoms with van der Waals surface area (Å²) >= 11 is 0. The van der Waals surface area contributed by atoms with Crippen molar-refractivity contribution >= 4 is 34.1 Å². The van der Waals surface area contributed by atoms with Crippen molar-refractivity contribution in [2.45, 2.75) is 6.92 Å². The first-order valence-corrected chi connectivity index (χ1v) is 7.67. The monoisotopic (exact) mass is 318 g/mol. The van der Waals surface area contributed by atoms with E-state index in [-0.39, 0.29) is 5.78 Å². The number of aromatic nitrogens is 2. The minimum Gasteiger partial charge on any atom is -0.366 e. The molecule has 0 radical (unpaired) electrons. The molecule has 1 heterocycles. The van der Waals surface area contributed by atoms with E-state index >= 15 is 0 Å². The van der Waals surface area contributed by atoms with Gasteiger partial charge in [-0.1, -0.05) is 18.2 Å². The number of hydrogen-bond donors (Lipinski definition) is 2. The van der Waals surface area contributed by atoms with Crippen LogP contribution in [0.4, 0.5) is 17.5 Å². The van der Waals surface area contributed by atoms with Crippen LogP contribution in [-0.2, 0) is 0 Å². The Morgan fingerprint density at radius 2 is 1.88 bits per heavy atom. The second kappa shape index (κ2) is 6.91. The van der Waals surface area contributed by atoms with Gasteiger partial charge in [-0.15, -0.1) is 6.58 Å². The van der Waals surface area contributed by atoms with Gasteiger partial charge in [-0.2, -0.15) is 4.98 Å². The number of para-hydroxylation sites is 1. The number of benzene rings is 2. The van der Waals surface area contributed by atoms with Gasteiger partial charge in [0.25, 0.3) is 0 Å². The third-order valence-electron chi connectivity index (χ3n) is 3.56. The highest BCUT2D eigenvalue weighted by molar-refractivity contribution is 5.94. The molecule has 0 amide bonds. The number of hydrogen-bond acceptors (Lipinski definition) is 5. The Balaban J connectivity index is 1.93. The number of fused-ring (bicyclic) bond motifs is 1. The predicted octanol–water partition coefficient (Wildman–Crippen LogP) is 4.17. The van der Waals surface area contributed by atoms with Crippen molar-refractivity contribution in [3.05, 3.63) is 66.7 Å². The first-order valence-electron chi connectivity index (χ1n) is 7.67. The topological polar surface area (TPSA) is 66.9 Å². The molecular weight excluding hydrogens is 300 g/mol. The molecule has 0 aliphatic heterocycles. The van der Waals surface area contributed by atoms with E-state index in [0.717, 1.165) is 22.4 Å². The van der Waals surface area contributed by atoms with Crippen molar-refractivity contribution in [3.8, 4) is 0 Å². The second-order valence-corrected chi connectivity index (χ2v) is 5.34. The van der Waals surface area contributed by atoms with Crippen molar-refractivity contribution in [2.24, 2.45) is 0 Å². The van der Waals surface area contributed by atoms with Crippen LogP contribution < -0.4 is 10.6 Å². The molecule has 120 valence electrons. The zero-order chi connectivity index (χ0) is 16.9. The van der Waals surface area contributed by atoms with Crippen LogP contribution in [0.3, 0.4) is 0 Å². The summed E-state index contributed by atoms with van der Waals surface area (Å²) in [5.41, 5.74) is 2.35. The van der Waals surface area contributed by atoms with E-state index < -0.39 is 0 Å². The molecule has 0 atom stereocenters. The molecule has 0 aliphatic carbocycles. The quantitative estimate of drug-likeness (QED) is 0.527. The van der Waals surface area contributed by atoms with Crippen LogP contribution in [0, 0.1) is 0 Å².